The molecule has 1 heterocycles. The predicted octanol–water partition coefficient (Wildman–Crippen LogP) is -25.8. The Morgan fingerprint density at radius 1 is 0.185 bits per heavy atom. The minimum Gasteiger partial charge on any atom is -0.136 e. The average Bonchev–Trinajstić information content (AvgIpc) is 3.70. The van der Waals surface area contributed by atoms with Gasteiger partial charge in [-0.05, 0) is 76.5 Å². The summed E-state index contributed by atoms with van der Waals surface area (Å²) in [6, 6.07) is 9.78. The first kappa shape index (κ1) is 46.3. The largest absolute Gasteiger partial charge is 0.141 e. The second-order valence-corrected chi connectivity index (χ2v) is 21.6. The quantitative estimate of drug-likeness (QED) is 0.123. The van der Waals surface area contributed by atoms with Gasteiger partial charge in [0.15, 0.2) is 0 Å². The highest BCUT2D eigenvalue weighted by Crippen LogP contribution is 2.42. The van der Waals surface area contributed by atoms with Gasteiger partial charge in [0, 0.05) is 9.40 Å². The molecule has 0 radical (unpaired) electrons. The summed E-state index contributed by atoms with van der Waals surface area (Å²) in [5.74, 6) is 0. The summed E-state index contributed by atoms with van der Waals surface area (Å²) in [5.41, 5.74) is 39.1. The van der Waals surface area contributed by atoms with Crippen LogP contribution in [0.25, 0.3) is 85.9 Å². The Balaban J connectivity index is 1.44. The number of fused-ring (bicyclic) bond motifs is 6. The van der Waals surface area contributed by atoms with E-state index in [1.165, 1.54) is 206 Å². The second-order valence-electron chi connectivity index (χ2n) is 20.6. The van der Waals surface area contributed by atoms with Gasteiger partial charge >= 0.3 is 0 Å². The van der Waals surface area contributed by atoms with Gasteiger partial charge in [-0.15, -0.1) is 60.5 Å². The molecule has 8 aromatic carbocycles. The van der Waals surface area contributed by atoms with Crippen molar-refractivity contribution in [2.24, 2.45) is 0 Å². The molecule has 0 saturated carbocycles. The Morgan fingerprint density at radius 2 is 0.431 bits per heavy atom. The van der Waals surface area contributed by atoms with E-state index >= 15 is 0 Å². The highest BCUT2D eigenvalue weighted by atomic mass is 32.1. The van der Waals surface area contributed by atoms with E-state index in [9.17, 15) is 0 Å². The lowest BCUT2D eigenvalue weighted by Crippen LogP contribution is -2.53. The molecule has 0 bridgehead atoms. The first-order valence-corrected chi connectivity index (χ1v) is 24.8. The molecule has 0 aliphatic carbocycles. The average molecular weight is 823 g/mol. The zero-order valence-corrected chi connectivity index (χ0v) is 44.5. The van der Waals surface area contributed by atoms with Crippen molar-refractivity contribution in [1.29, 1.82) is 0 Å². The highest BCUT2D eigenvalue weighted by Gasteiger charge is 2.29. The third-order valence-electron chi connectivity index (χ3n) is 18.2. The molecular weight excluding hydrogens is 774 g/mol. The van der Waals surface area contributed by atoms with Crippen LogP contribution in [0.1, 0.15) is 0 Å². The normalized spacial score (nSPS) is 11.8. The molecule has 0 fully saturated rings. The molecule has 0 unspecified atom stereocenters. The molecule has 0 saturated heterocycles. The zero-order valence-electron chi connectivity index (χ0n) is 43.7. The van der Waals surface area contributed by atoms with Gasteiger partial charge in [-0.25, -0.2) is 0 Å². The summed E-state index contributed by atoms with van der Waals surface area (Å²) < 4.78 is 2.89. The molecule has 0 spiro atoms. The summed E-state index contributed by atoms with van der Waals surface area (Å²) >= 11 is 2.00. The molecule has 0 nitrogen and oxygen atoms in total. The summed E-state index contributed by atoms with van der Waals surface area (Å²) in [6.45, 7) is 0. The minimum absolute atomic E-state index is 1.29. The zero-order chi connectivity index (χ0) is 47.5. The van der Waals surface area contributed by atoms with Crippen molar-refractivity contribution in [2.45, 2.75) is 0 Å². The van der Waals surface area contributed by atoms with Gasteiger partial charge in [-0.2, -0.15) is 0 Å². The van der Waals surface area contributed by atoms with E-state index in [2.05, 4.69) is 197 Å². The summed E-state index contributed by atoms with van der Waals surface area (Å²) in [6.07, 6.45) is 0. The van der Waals surface area contributed by atoms with Crippen LogP contribution in [-0.4, -0.2) is 173 Å². The molecular formula is C42H48B22S. The van der Waals surface area contributed by atoms with Crippen molar-refractivity contribution in [3.05, 3.63) is 24.3 Å². The lowest BCUT2D eigenvalue weighted by molar-refractivity contribution is 1.68. The third kappa shape index (κ3) is 6.14. The van der Waals surface area contributed by atoms with E-state index in [1.807, 2.05) is 11.3 Å². The Kier molecular flexibility index (Phi) is 11.3. The van der Waals surface area contributed by atoms with Gasteiger partial charge in [0.05, 0.1) is 0 Å². The lowest BCUT2D eigenvalue weighted by atomic mass is 9.56. The van der Waals surface area contributed by atoms with Crippen LogP contribution in [0.15, 0.2) is 24.3 Å². The van der Waals surface area contributed by atoms with Crippen LogP contribution >= 0.6 is 11.3 Å². The van der Waals surface area contributed by atoms with E-state index in [0.717, 1.165) is 0 Å². The number of thiophene rings is 1. The van der Waals surface area contributed by atoms with Crippen LogP contribution in [0.2, 0.25) is 0 Å². The van der Waals surface area contributed by atoms with Crippen LogP contribution in [0.5, 0.6) is 0 Å². The molecule has 0 amide bonds. The minimum atomic E-state index is 1.29. The van der Waals surface area contributed by atoms with Gasteiger partial charge in [-0.3, -0.25) is 0 Å². The van der Waals surface area contributed by atoms with Crippen LogP contribution in [0, 0.1) is 0 Å². The van der Waals surface area contributed by atoms with Crippen LogP contribution < -0.4 is 120 Å². The molecule has 9 rings (SSSR count). The fraction of sp³-hybridized carbons (Fsp3) is 0. The Bertz CT molecular complexity index is 3640. The maximum absolute atomic E-state index is 2.46. The van der Waals surface area contributed by atoms with Crippen molar-refractivity contribution in [3.8, 4) is 33.4 Å². The van der Waals surface area contributed by atoms with Gasteiger partial charge in [0.1, 0.15) is 173 Å². The van der Waals surface area contributed by atoms with Gasteiger partial charge in [-0.1, -0.05) is 95.3 Å². The fourth-order valence-electron chi connectivity index (χ4n) is 12.5. The van der Waals surface area contributed by atoms with E-state index < -0.39 is 0 Å². The van der Waals surface area contributed by atoms with Crippen molar-refractivity contribution in [2.75, 3.05) is 0 Å². The van der Waals surface area contributed by atoms with Crippen LogP contribution in [0.4, 0.5) is 0 Å². The Hall–Kier alpha value is -3.81. The molecule has 0 aliphatic heterocycles. The summed E-state index contributed by atoms with van der Waals surface area (Å²) in [5, 5.41) is 11.4. The predicted molar refractivity (Wildman–Crippen MR) is 368 cm³/mol. The Morgan fingerprint density at radius 3 is 0.831 bits per heavy atom. The third-order valence-corrected chi connectivity index (χ3v) is 19.7. The van der Waals surface area contributed by atoms with Gasteiger partial charge in [0.2, 0.25) is 0 Å². The fourth-order valence-corrected chi connectivity index (χ4v) is 14.0. The first-order valence-electron chi connectivity index (χ1n) is 24.0. The number of rotatable bonds is 3. The topological polar surface area (TPSA) is 0 Å². The second kappa shape index (κ2) is 15.9. The maximum Gasteiger partial charge on any atom is 0.141 e. The van der Waals surface area contributed by atoms with Gasteiger partial charge < -0.3 is 0 Å². The number of hydrogen-bond donors (Lipinski definition) is 0. The molecule has 9 aromatic rings. The van der Waals surface area contributed by atoms with Crippen LogP contribution in [0.3, 0.4) is 0 Å². The highest BCUT2D eigenvalue weighted by molar-refractivity contribution is 7.28. The number of benzene rings is 8. The van der Waals surface area contributed by atoms with Crippen molar-refractivity contribution >= 4 is 357 Å². The van der Waals surface area contributed by atoms with Crippen molar-refractivity contribution in [1.82, 2.24) is 0 Å². The molecule has 0 aliphatic rings. The van der Waals surface area contributed by atoms with Crippen LogP contribution in [-0.2, 0) is 0 Å². The maximum atomic E-state index is 2.46. The van der Waals surface area contributed by atoms with Gasteiger partial charge in [0.25, 0.3) is 0 Å². The molecule has 288 valence electrons. The molecule has 23 heteroatoms. The molecule has 1 aromatic heterocycles. The molecule has 0 atom stereocenters. The lowest BCUT2D eigenvalue weighted by Gasteiger charge is -2.31. The SMILES string of the molecule is Bc1c(B)c(B)c2c(sc3c(B)c(-c4ccc(-c5c6c(B)c(B)c(B)c(B)c6c(-c6c(B)c(B)c(B)c7c(B)c(B)c(B)c(B)c67)c6c(B)c(B)c(B)c(B)c56)cc4)c(B)c(B)c32)c1B. The Labute approximate surface area is 411 Å². The van der Waals surface area contributed by atoms with E-state index in [-0.39, 0.29) is 0 Å². The first-order chi connectivity index (χ1) is 30.5. The number of hydrogen-bond acceptors (Lipinski definition) is 1. The standard InChI is InChI=1S/C42H48B22S/c43-19-8(30(54)41-17(28(19)52)18-29(53)38(62)39(63)40(64)42(18)65-41)6-3-1-5(2-4-6)7-10-12(23(47)34(58)32(56)20(10)44)9(13-11(7)21(45)33(57)35(59)24(13)48)14-15-16(26(50)31(55)22(14)46)27(51)37(61)36(60)25(15)49/h1-4H,43-64H2. The molecule has 0 N–H and O–H groups in total. The summed E-state index contributed by atoms with van der Waals surface area (Å²) in [7, 11) is 51.9. The summed E-state index contributed by atoms with van der Waals surface area (Å²) in [4.78, 5) is 0. The van der Waals surface area contributed by atoms with E-state index in [4.69, 9.17) is 0 Å². The smallest absolute Gasteiger partial charge is 0.136 e. The monoisotopic (exact) mass is 827 g/mol. The van der Waals surface area contributed by atoms with Crippen molar-refractivity contribution < 1.29 is 0 Å². The van der Waals surface area contributed by atoms with Crippen molar-refractivity contribution in [3.63, 3.8) is 0 Å². The van der Waals surface area contributed by atoms with E-state index in [1.54, 1.807) is 0 Å². The molecule has 65 heavy (non-hydrogen) atoms. The van der Waals surface area contributed by atoms with E-state index in [0.29, 0.717) is 0 Å².